The molecule has 0 saturated carbocycles. The van der Waals surface area contributed by atoms with Crippen LogP contribution < -0.4 is 10.2 Å². The molecular formula is C34H26F3N3O2S. The summed E-state index contributed by atoms with van der Waals surface area (Å²) in [5.74, 6) is -1.46. The lowest BCUT2D eigenvalue weighted by Gasteiger charge is -2.26. The van der Waals surface area contributed by atoms with Crippen molar-refractivity contribution in [2.24, 2.45) is 0 Å². The first-order valence-corrected chi connectivity index (χ1v) is 14.3. The van der Waals surface area contributed by atoms with Gasteiger partial charge in [0, 0.05) is 23.4 Å². The molecule has 5 rings (SSSR count). The Morgan fingerprint density at radius 3 is 1.98 bits per heavy atom. The second kappa shape index (κ2) is 13.4. The molecule has 216 valence electrons. The topological polar surface area (TPSA) is 62.3 Å². The fourth-order valence-electron chi connectivity index (χ4n) is 4.48. The minimum absolute atomic E-state index is 0.0104. The number of hydrogen-bond acceptors (Lipinski definition) is 4. The number of amides is 2. The first-order chi connectivity index (χ1) is 20.8. The molecule has 0 radical (unpaired) electrons. The van der Waals surface area contributed by atoms with Crippen molar-refractivity contribution in [1.82, 2.24) is 10.3 Å². The van der Waals surface area contributed by atoms with E-state index in [2.05, 4.69) is 10.3 Å². The van der Waals surface area contributed by atoms with Gasteiger partial charge in [-0.05, 0) is 41.5 Å². The van der Waals surface area contributed by atoms with Crippen LogP contribution in [0.4, 0.5) is 24.7 Å². The van der Waals surface area contributed by atoms with Crippen LogP contribution in [-0.2, 0) is 18.5 Å². The molecular weight excluding hydrogens is 571 g/mol. The Morgan fingerprint density at radius 2 is 1.33 bits per heavy atom. The van der Waals surface area contributed by atoms with E-state index in [1.807, 2.05) is 30.3 Å². The summed E-state index contributed by atoms with van der Waals surface area (Å²) in [7, 11) is 0. The zero-order valence-electron chi connectivity index (χ0n) is 22.8. The van der Waals surface area contributed by atoms with Gasteiger partial charge < -0.3 is 5.32 Å². The van der Waals surface area contributed by atoms with Gasteiger partial charge in [0.15, 0.2) is 5.82 Å². The van der Waals surface area contributed by atoms with Crippen molar-refractivity contribution in [2.45, 2.75) is 23.4 Å². The molecule has 43 heavy (non-hydrogen) atoms. The van der Waals surface area contributed by atoms with E-state index in [1.165, 1.54) is 11.8 Å². The number of thioether (sulfide) groups is 1. The van der Waals surface area contributed by atoms with Gasteiger partial charge in [0.2, 0.25) is 0 Å². The summed E-state index contributed by atoms with van der Waals surface area (Å²) in [6.45, 7) is -0.0104. The summed E-state index contributed by atoms with van der Waals surface area (Å²) in [6.07, 6.45) is -3.92. The average molecular weight is 598 g/mol. The maximum absolute atomic E-state index is 14.4. The summed E-state index contributed by atoms with van der Waals surface area (Å²) in [4.78, 5) is 33.8. The van der Waals surface area contributed by atoms with E-state index in [0.717, 1.165) is 22.7 Å². The van der Waals surface area contributed by atoms with Gasteiger partial charge in [-0.3, -0.25) is 14.5 Å². The maximum atomic E-state index is 14.4. The summed E-state index contributed by atoms with van der Waals surface area (Å²) < 4.78 is 43.1. The number of hydrogen-bond donors (Lipinski definition) is 1. The second-order valence-corrected chi connectivity index (χ2v) is 10.5. The third-order valence-corrected chi connectivity index (χ3v) is 7.69. The van der Waals surface area contributed by atoms with Crippen LogP contribution in [0.2, 0.25) is 0 Å². The number of alkyl halides is 3. The number of pyridine rings is 1. The molecule has 2 amide bonds. The molecule has 1 aromatic heterocycles. The maximum Gasteiger partial charge on any atom is 0.417 e. The predicted octanol–water partition coefficient (Wildman–Crippen LogP) is 8.30. The molecule has 0 aliphatic carbocycles. The SMILES string of the molecule is O=C(NCc1ccccc1)c1c(C(F)(F)F)ccnc1N(C(=O)c1ccccc1SCc1ccccc1)c1ccccc1. The van der Waals surface area contributed by atoms with E-state index >= 15 is 0 Å². The van der Waals surface area contributed by atoms with Gasteiger partial charge in [-0.1, -0.05) is 91.0 Å². The molecule has 0 aliphatic rings. The van der Waals surface area contributed by atoms with Crippen molar-refractivity contribution in [3.8, 4) is 0 Å². The number of nitrogens with zero attached hydrogens (tertiary/aromatic N) is 2. The number of benzene rings is 4. The number of halogens is 3. The van der Waals surface area contributed by atoms with E-state index in [9.17, 15) is 22.8 Å². The fourth-order valence-corrected chi connectivity index (χ4v) is 5.48. The standard InChI is InChI=1S/C34H26F3N3O2S/c35-34(36,37)28-20-21-38-31(30(28)32(41)39-22-24-12-4-1-5-13-24)40(26-16-8-3-9-17-26)33(42)27-18-10-11-19-29(27)43-23-25-14-6-2-7-15-25/h1-21H,22-23H2,(H,39,41). The Bertz CT molecular complexity index is 1700. The lowest BCUT2D eigenvalue weighted by Crippen LogP contribution is -2.33. The van der Waals surface area contributed by atoms with E-state index in [4.69, 9.17) is 0 Å². The van der Waals surface area contributed by atoms with Crippen LogP contribution in [0.5, 0.6) is 0 Å². The van der Waals surface area contributed by atoms with Crippen molar-refractivity contribution in [1.29, 1.82) is 0 Å². The summed E-state index contributed by atoms with van der Waals surface area (Å²) in [6, 6.07) is 34.4. The molecule has 1 heterocycles. The first-order valence-electron chi connectivity index (χ1n) is 13.4. The van der Waals surface area contributed by atoms with E-state index in [1.54, 1.807) is 84.9 Å². The van der Waals surface area contributed by atoms with Crippen molar-refractivity contribution < 1.29 is 22.8 Å². The van der Waals surface area contributed by atoms with Crippen LogP contribution in [0.1, 0.15) is 37.4 Å². The van der Waals surface area contributed by atoms with E-state index in [0.29, 0.717) is 16.2 Å². The Hall–Kier alpha value is -4.89. The lowest BCUT2D eigenvalue weighted by molar-refractivity contribution is -0.138. The monoisotopic (exact) mass is 597 g/mol. The molecule has 0 atom stereocenters. The van der Waals surface area contributed by atoms with Crippen LogP contribution in [0.3, 0.4) is 0 Å². The van der Waals surface area contributed by atoms with Crippen molar-refractivity contribution in [3.05, 3.63) is 155 Å². The zero-order valence-corrected chi connectivity index (χ0v) is 23.6. The van der Waals surface area contributed by atoms with Gasteiger partial charge in [0.1, 0.15) is 0 Å². The van der Waals surface area contributed by atoms with Gasteiger partial charge in [-0.15, -0.1) is 11.8 Å². The van der Waals surface area contributed by atoms with Gasteiger partial charge >= 0.3 is 6.18 Å². The Kier molecular flexibility index (Phi) is 9.22. The van der Waals surface area contributed by atoms with Gasteiger partial charge in [0.25, 0.3) is 11.8 Å². The normalized spacial score (nSPS) is 11.1. The molecule has 1 N–H and O–H groups in total. The zero-order chi connectivity index (χ0) is 30.2. The molecule has 9 heteroatoms. The molecule has 0 aliphatic heterocycles. The number of carbonyl (C=O) groups is 2. The smallest absolute Gasteiger partial charge is 0.348 e. The highest BCUT2D eigenvalue weighted by Gasteiger charge is 2.39. The van der Waals surface area contributed by atoms with Crippen LogP contribution >= 0.6 is 11.8 Å². The quantitative estimate of drug-likeness (QED) is 0.174. The highest BCUT2D eigenvalue weighted by Crippen LogP contribution is 2.39. The first kappa shape index (κ1) is 29.6. The fraction of sp³-hybridized carbons (Fsp3) is 0.0882. The van der Waals surface area contributed by atoms with Crippen molar-refractivity contribution in [3.63, 3.8) is 0 Å². The van der Waals surface area contributed by atoms with Gasteiger partial charge in [-0.2, -0.15) is 13.2 Å². The highest BCUT2D eigenvalue weighted by molar-refractivity contribution is 7.98. The molecule has 5 aromatic rings. The molecule has 0 spiro atoms. The van der Waals surface area contributed by atoms with Crippen LogP contribution in [0.25, 0.3) is 0 Å². The van der Waals surface area contributed by atoms with Crippen LogP contribution in [0, 0.1) is 0 Å². The third-order valence-electron chi connectivity index (χ3n) is 6.54. The Balaban J connectivity index is 1.59. The lowest BCUT2D eigenvalue weighted by atomic mass is 10.1. The Morgan fingerprint density at radius 1 is 0.744 bits per heavy atom. The number of para-hydroxylation sites is 1. The van der Waals surface area contributed by atoms with Crippen LogP contribution in [-0.4, -0.2) is 16.8 Å². The third kappa shape index (κ3) is 7.13. The van der Waals surface area contributed by atoms with Crippen LogP contribution in [0.15, 0.2) is 132 Å². The Labute approximate surface area is 251 Å². The van der Waals surface area contributed by atoms with Gasteiger partial charge in [-0.25, -0.2) is 4.98 Å². The minimum atomic E-state index is -4.88. The minimum Gasteiger partial charge on any atom is -0.348 e. The molecule has 0 unspecified atom stereocenters. The van der Waals surface area contributed by atoms with Crippen molar-refractivity contribution >= 4 is 35.1 Å². The molecule has 0 saturated heterocycles. The molecule has 4 aromatic carbocycles. The average Bonchev–Trinajstić information content (AvgIpc) is 3.04. The number of anilines is 2. The van der Waals surface area contributed by atoms with E-state index in [-0.39, 0.29) is 17.8 Å². The highest BCUT2D eigenvalue weighted by atomic mass is 32.2. The second-order valence-electron chi connectivity index (χ2n) is 9.47. The number of nitrogens with one attached hydrogen (secondary N) is 1. The predicted molar refractivity (Wildman–Crippen MR) is 162 cm³/mol. The van der Waals surface area contributed by atoms with Gasteiger partial charge in [0.05, 0.1) is 22.4 Å². The number of carbonyl (C=O) groups excluding carboxylic acids is 2. The largest absolute Gasteiger partial charge is 0.417 e. The molecule has 0 fully saturated rings. The van der Waals surface area contributed by atoms with E-state index < -0.39 is 34.9 Å². The molecule has 0 bridgehead atoms. The number of rotatable bonds is 9. The summed E-state index contributed by atoms with van der Waals surface area (Å²) >= 11 is 1.43. The summed E-state index contributed by atoms with van der Waals surface area (Å²) in [5.41, 5.74) is 0.351. The summed E-state index contributed by atoms with van der Waals surface area (Å²) in [5, 5.41) is 2.58. The van der Waals surface area contributed by atoms with Crippen molar-refractivity contribution in [2.75, 3.05) is 4.90 Å². The number of aromatic nitrogens is 1. The molecule has 5 nitrogen and oxygen atoms in total.